The number of phosphoric ester groups is 1. The van der Waals surface area contributed by atoms with Crippen LogP contribution < -0.4 is 5.32 Å². The Morgan fingerprint density at radius 3 is 1.90 bits per heavy atom. The van der Waals surface area contributed by atoms with Crippen LogP contribution in [0.3, 0.4) is 0 Å². The van der Waals surface area contributed by atoms with Gasteiger partial charge in [0.2, 0.25) is 5.91 Å². The van der Waals surface area contributed by atoms with Gasteiger partial charge in [-0.2, -0.15) is 0 Å². The van der Waals surface area contributed by atoms with Crippen molar-refractivity contribution < 1.29 is 23.7 Å². The van der Waals surface area contributed by atoms with Gasteiger partial charge < -0.3 is 15.1 Å². The number of nitrogens with one attached hydrogen (secondary N) is 1. The number of carbonyl (C=O) groups excluding carboxylic acids is 1. The summed E-state index contributed by atoms with van der Waals surface area (Å²) < 4.78 is 14.7. The zero-order valence-corrected chi connectivity index (χ0v) is 19.5. The predicted molar refractivity (Wildman–Crippen MR) is 128 cm³/mol. The van der Waals surface area contributed by atoms with Gasteiger partial charge in [0.15, 0.2) is 0 Å². The monoisotopic (exact) mass is 451 g/mol. The van der Waals surface area contributed by atoms with Crippen molar-refractivity contribution in [3.63, 3.8) is 0 Å². The van der Waals surface area contributed by atoms with E-state index < -0.39 is 7.82 Å². The summed E-state index contributed by atoms with van der Waals surface area (Å²) in [7, 11) is -4.48. The lowest BCUT2D eigenvalue weighted by Crippen LogP contribution is -2.25. The summed E-state index contributed by atoms with van der Waals surface area (Å²) >= 11 is 0. The average molecular weight is 452 g/mol. The first-order chi connectivity index (χ1) is 15.0. The van der Waals surface area contributed by atoms with Crippen molar-refractivity contribution >= 4 is 13.7 Å². The van der Waals surface area contributed by atoms with Crippen LogP contribution in [-0.4, -0.2) is 28.8 Å². The summed E-state index contributed by atoms with van der Waals surface area (Å²) in [6, 6.07) is 0. The maximum absolute atomic E-state index is 11.4. The van der Waals surface area contributed by atoms with Crippen LogP contribution in [0.5, 0.6) is 0 Å². The highest BCUT2D eigenvalue weighted by atomic mass is 31.2. The van der Waals surface area contributed by atoms with Crippen molar-refractivity contribution in [2.75, 3.05) is 13.2 Å². The van der Waals surface area contributed by atoms with E-state index in [0.29, 0.717) is 0 Å². The quantitative estimate of drug-likeness (QED) is 0.108. The van der Waals surface area contributed by atoms with Gasteiger partial charge >= 0.3 is 7.82 Å². The van der Waals surface area contributed by atoms with Crippen molar-refractivity contribution in [3.8, 4) is 0 Å². The van der Waals surface area contributed by atoms with Crippen LogP contribution in [0, 0.1) is 0 Å². The molecule has 0 aromatic rings. The van der Waals surface area contributed by atoms with Gasteiger partial charge in [-0.3, -0.25) is 9.32 Å². The van der Waals surface area contributed by atoms with E-state index in [4.69, 9.17) is 9.79 Å². The average Bonchev–Trinajstić information content (AvgIpc) is 2.72. The van der Waals surface area contributed by atoms with E-state index in [2.05, 4.69) is 28.9 Å². The van der Waals surface area contributed by atoms with Crippen LogP contribution in [-0.2, 0) is 13.9 Å². The summed E-state index contributed by atoms with van der Waals surface area (Å²) in [5.41, 5.74) is 0. The molecule has 3 N–H and O–H groups in total. The second-order valence-electron chi connectivity index (χ2n) is 6.85. The minimum Gasteiger partial charge on any atom is -0.350 e. The number of hydrogen-bond acceptors (Lipinski definition) is 3. The fourth-order valence-electron chi connectivity index (χ4n) is 2.45. The molecule has 6 nitrogen and oxygen atoms in total. The fourth-order valence-corrected chi connectivity index (χ4v) is 2.78. The van der Waals surface area contributed by atoms with Gasteiger partial charge in [-0.1, -0.05) is 112 Å². The van der Waals surface area contributed by atoms with Crippen molar-refractivity contribution in [1.29, 1.82) is 0 Å². The van der Waals surface area contributed by atoms with E-state index in [9.17, 15) is 9.36 Å². The van der Waals surface area contributed by atoms with Crippen LogP contribution in [0.2, 0.25) is 0 Å². The van der Waals surface area contributed by atoms with Crippen LogP contribution in [0.4, 0.5) is 0 Å². The zero-order valence-electron chi connectivity index (χ0n) is 18.6. The van der Waals surface area contributed by atoms with Crippen molar-refractivity contribution in [3.05, 3.63) is 72.9 Å². The summed E-state index contributed by atoms with van der Waals surface area (Å²) in [6.45, 7) is 2.01. The molecule has 0 aromatic heterocycles. The Balaban J connectivity index is 3.73. The molecule has 0 bridgehead atoms. The van der Waals surface area contributed by atoms with Crippen molar-refractivity contribution in [2.24, 2.45) is 0 Å². The Morgan fingerprint density at radius 2 is 1.32 bits per heavy atom. The molecular weight excluding hydrogens is 413 g/mol. The fraction of sp³-hybridized carbons (Fsp3) is 0.458. The largest absolute Gasteiger partial charge is 0.469 e. The first kappa shape index (κ1) is 29.0. The smallest absolute Gasteiger partial charge is 0.350 e. The van der Waals surface area contributed by atoms with E-state index in [1.807, 2.05) is 36.5 Å². The third-order valence-electron chi connectivity index (χ3n) is 4.02. The molecule has 0 saturated carbocycles. The minimum absolute atomic E-state index is 0.0184. The third kappa shape index (κ3) is 26.0. The summed E-state index contributed by atoms with van der Waals surface area (Å²) in [5.74, 6) is -0.368. The third-order valence-corrected chi connectivity index (χ3v) is 4.54. The molecule has 31 heavy (non-hydrogen) atoms. The Hall–Kier alpha value is -1.98. The van der Waals surface area contributed by atoms with Gasteiger partial charge in [0.05, 0.1) is 6.61 Å². The Morgan fingerprint density at radius 1 is 0.806 bits per heavy atom. The number of amides is 1. The van der Waals surface area contributed by atoms with Gasteiger partial charge in [0.25, 0.3) is 0 Å². The molecule has 0 radical (unpaired) electrons. The van der Waals surface area contributed by atoms with Gasteiger partial charge in [0.1, 0.15) is 0 Å². The van der Waals surface area contributed by atoms with Gasteiger partial charge in [-0.25, -0.2) is 4.57 Å². The molecule has 174 valence electrons. The van der Waals surface area contributed by atoms with E-state index in [1.54, 1.807) is 18.2 Å². The summed E-state index contributed by atoms with van der Waals surface area (Å²) in [6.07, 6.45) is 32.8. The first-order valence-electron chi connectivity index (χ1n) is 10.9. The lowest BCUT2D eigenvalue weighted by Gasteiger charge is -2.04. The molecule has 1 amide bonds. The van der Waals surface area contributed by atoms with E-state index in [1.165, 1.54) is 51.0 Å². The highest BCUT2D eigenvalue weighted by Gasteiger charge is 2.12. The molecule has 0 aliphatic carbocycles. The highest BCUT2D eigenvalue weighted by molar-refractivity contribution is 7.46. The first-order valence-corrected chi connectivity index (χ1v) is 12.5. The number of phosphoric acid groups is 1. The Bertz CT molecular complexity index is 671. The molecule has 0 aliphatic heterocycles. The second-order valence-corrected chi connectivity index (χ2v) is 8.09. The van der Waals surface area contributed by atoms with Crippen LogP contribution in [0.25, 0.3) is 0 Å². The number of carbonyl (C=O) groups is 1. The summed E-state index contributed by atoms with van der Waals surface area (Å²) in [5, 5.41) is 2.44. The minimum atomic E-state index is -4.48. The second kappa shape index (κ2) is 21.3. The number of unbranched alkanes of at least 4 members (excludes halogenated alkanes) is 7. The van der Waals surface area contributed by atoms with Gasteiger partial charge in [0, 0.05) is 12.6 Å². The zero-order chi connectivity index (χ0) is 23.0. The normalized spacial score (nSPS) is 13.3. The Kier molecular flexibility index (Phi) is 19.9. The predicted octanol–water partition coefficient (Wildman–Crippen LogP) is 5.69. The molecule has 0 fully saturated rings. The molecular formula is C24H38NO5P. The van der Waals surface area contributed by atoms with E-state index >= 15 is 0 Å². The van der Waals surface area contributed by atoms with E-state index in [0.717, 1.165) is 6.42 Å². The maximum atomic E-state index is 11.4. The highest BCUT2D eigenvalue weighted by Crippen LogP contribution is 2.35. The molecule has 0 spiro atoms. The standard InChI is InChI=1S/C24H38NO5P/c1-2-3-4-5-6-7-8-9-10-11-12-13-14-15-16-17-18-19-20-21-24(26)25-22-23-30-31(27,28)29/h10-21H,2-9,22-23H2,1H3,(H,25,26)(H2,27,28,29). The molecule has 7 heteroatoms. The van der Waals surface area contributed by atoms with Gasteiger partial charge in [-0.05, 0) is 12.8 Å². The van der Waals surface area contributed by atoms with Crippen LogP contribution in [0.1, 0.15) is 58.3 Å². The SMILES string of the molecule is CCCCCCCCCC=CC=CC=CC=CC=CC=CC(=O)NCCOP(=O)(O)O. The lowest BCUT2D eigenvalue weighted by molar-refractivity contribution is -0.116. The summed E-state index contributed by atoms with van der Waals surface area (Å²) in [4.78, 5) is 28.4. The van der Waals surface area contributed by atoms with Crippen LogP contribution >= 0.6 is 7.82 Å². The topological polar surface area (TPSA) is 95.9 Å². The van der Waals surface area contributed by atoms with Gasteiger partial charge in [-0.15, -0.1) is 0 Å². The molecule has 0 atom stereocenters. The van der Waals surface area contributed by atoms with Crippen LogP contribution in [0.15, 0.2) is 72.9 Å². The molecule has 0 aromatic carbocycles. The number of allylic oxidation sites excluding steroid dienone is 11. The number of rotatable bonds is 18. The molecule has 0 aliphatic rings. The molecule has 0 unspecified atom stereocenters. The Labute approximate surface area is 187 Å². The number of hydrogen-bond donors (Lipinski definition) is 3. The van der Waals surface area contributed by atoms with E-state index in [-0.39, 0.29) is 19.1 Å². The van der Waals surface area contributed by atoms with Crippen molar-refractivity contribution in [2.45, 2.75) is 58.3 Å². The molecule has 0 heterocycles. The molecule has 0 saturated heterocycles. The van der Waals surface area contributed by atoms with Crippen molar-refractivity contribution in [1.82, 2.24) is 5.32 Å². The maximum Gasteiger partial charge on any atom is 0.469 e. The molecule has 0 rings (SSSR count). The lowest BCUT2D eigenvalue weighted by atomic mass is 10.1.